The van der Waals surface area contributed by atoms with Gasteiger partial charge in [0.05, 0.1) is 19.7 Å². The number of benzene rings is 1. The average Bonchev–Trinajstić information content (AvgIpc) is 2.75. The molecule has 12 heteroatoms. The van der Waals surface area contributed by atoms with Crippen molar-refractivity contribution in [3.63, 3.8) is 0 Å². The Labute approximate surface area is 191 Å². The summed E-state index contributed by atoms with van der Waals surface area (Å²) < 4.78 is 70.4. The molecule has 1 spiro atoms. The SMILES string of the molecule is Cc1cc(F)c(F)cc1C(=O)N1CC2(CC(Oc3ccccn3)CCO2)C1.O=C(O)C(F)(F)F. The normalized spacial score (nSPS) is 19.0. The van der Waals surface area contributed by atoms with Gasteiger partial charge in [0.25, 0.3) is 5.91 Å². The van der Waals surface area contributed by atoms with Crippen molar-refractivity contribution in [3.8, 4) is 5.88 Å². The van der Waals surface area contributed by atoms with Crippen molar-refractivity contribution in [2.75, 3.05) is 19.7 Å². The topological polar surface area (TPSA) is 89.0 Å². The number of alkyl halides is 3. The Morgan fingerprint density at radius 2 is 1.85 bits per heavy atom. The summed E-state index contributed by atoms with van der Waals surface area (Å²) in [4.78, 5) is 27.3. The third-order valence-corrected chi connectivity index (χ3v) is 5.36. The second kappa shape index (κ2) is 9.92. The number of nitrogens with zero attached hydrogens (tertiary/aromatic N) is 2. The molecule has 1 aromatic carbocycles. The number of carbonyl (C=O) groups is 2. The highest BCUT2D eigenvalue weighted by molar-refractivity contribution is 5.96. The molecule has 2 fully saturated rings. The van der Waals surface area contributed by atoms with E-state index in [1.54, 1.807) is 18.0 Å². The third kappa shape index (κ3) is 5.99. The lowest BCUT2D eigenvalue weighted by atomic mass is 9.84. The molecule has 2 saturated heterocycles. The van der Waals surface area contributed by atoms with Gasteiger partial charge in [-0.05, 0) is 30.7 Å². The van der Waals surface area contributed by atoms with Crippen LogP contribution in [0.3, 0.4) is 0 Å². The second-order valence-corrected chi connectivity index (χ2v) is 7.98. The molecule has 4 rings (SSSR count). The first kappa shape index (κ1) is 25.3. The highest BCUT2D eigenvalue weighted by Crippen LogP contribution is 2.36. The van der Waals surface area contributed by atoms with Gasteiger partial charge in [0, 0.05) is 30.7 Å². The van der Waals surface area contributed by atoms with Gasteiger partial charge in [-0.25, -0.2) is 18.6 Å². The number of carbonyl (C=O) groups excluding carboxylic acids is 1. The molecule has 3 heterocycles. The van der Waals surface area contributed by atoms with E-state index in [1.807, 2.05) is 18.2 Å². The summed E-state index contributed by atoms with van der Waals surface area (Å²) in [5.74, 6) is -4.46. The van der Waals surface area contributed by atoms with Gasteiger partial charge < -0.3 is 19.5 Å². The van der Waals surface area contributed by atoms with Crippen LogP contribution in [0.2, 0.25) is 0 Å². The van der Waals surface area contributed by atoms with Gasteiger partial charge in [-0.2, -0.15) is 13.2 Å². The number of aryl methyl sites for hydroxylation is 1. The lowest BCUT2D eigenvalue weighted by Crippen LogP contribution is -2.67. The lowest BCUT2D eigenvalue weighted by Gasteiger charge is -2.52. The van der Waals surface area contributed by atoms with Crippen molar-refractivity contribution in [2.45, 2.75) is 37.6 Å². The Bertz CT molecular complexity index is 1040. The smallest absolute Gasteiger partial charge is 0.475 e. The van der Waals surface area contributed by atoms with Crippen molar-refractivity contribution >= 4 is 11.9 Å². The number of rotatable bonds is 3. The maximum Gasteiger partial charge on any atom is 0.490 e. The number of aliphatic carboxylic acids is 1. The van der Waals surface area contributed by atoms with E-state index in [-0.39, 0.29) is 17.6 Å². The van der Waals surface area contributed by atoms with E-state index >= 15 is 0 Å². The molecular formula is C22H21F5N2O5. The van der Waals surface area contributed by atoms with Crippen LogP contribution in [-0.4, -0.2) is 64.4 Å². The number of carboxylic acids is 1. The van der Waals surface area contributed by atoms with Crippen molar-refractivity contribution < 1.29 is 46.1 Å². The summed E-state index contributed by atoms with van der Waals surface area (Å²) in [5, 5.41) is 7.12. The molecule has 1 unspecified atom stereocenters. The molecular weight excluding hydrogens is 467 g/mol. The summed E-state index contributed by atoms with van der Waals surface area (Å²) in [6, 6.07) is 7.52. The maximum atomic E-state index is 13.5. The molecule has 1 aromatic heterocycles. The van der Waals surface area contributed by atoms with Crippen LogP contribution in [0.5, 0.6) is 5.88 Å². The van der Waals surface area contributed by atoms with E-state index in [0.29, 0.717) is 37.6 Å². The average molecular weight is 488 g/mol. The molecule has 2 aliphatic heterocycles. The van der Waals surface area contributed by atoms with Gasteiger partial charge in [0.1, 0.15) is 11.7 Å². The largest absolute Gasteiger partial charge is 0.490 e. The Morgan fingerprint density at radius 3 is 2.44 bits per heavy atom. The quantitative estimate of drug-likeness (QED) is 0.663. The fourth-order valence-corrected chi connectivity index (χ4v) is 3.73. The Balaban J connectivity index is 0.000000406. The van der Waals surface area contributed by atoms with Gasteiger partial charge in [-0.3, -0.25) is 4.79 Å². The Kier molecular flexibility index (Phi) is 7.39. The van der Waals surface area contributed by atoms with Crippen LogP contribution in [0.25, 0.3) is 0 Å². The fourth-order valence-electron chi connectivity index (χ4n) is 3.73. The number of pyridine rings is 1. The van der Waals surface area contributed by atoms with Crippen LogP contribution in [0.4, 0.5) is 22.0 Å². The molecule has 0 aliphatic carbocycles. The Morgan fingerprint density at radius 1 is 1.21 bits per heavy atom. The van der Waals surface area contributed by atoms with Gasteiger partial charge >= 0.3 is 12.1 Å². The summed E-state index contributed by atoms with van der Waals surface area (Å²) >= 11 is 0. The summed E-state index contributed by atoms with van der Waals surface area (Å²) in [6.07, 6.45) is -2.02. The summed E-state index contributed by atoms with van der Waals surface area (Å²) in [6.45, 7) is 2.96. The molecule has 0 radical (unpaired) electrons. The van der Waals surface area contributed by atoms with Gasteiger partial charge in [0.15, 0.2) is 11.6 Å². The van der Waals surface area contributed by atoms with E-state index in [1.165, 1.54) is 0 Å². The maximum absolute atomic E-state index is 13.5. The number of carboxylic acid groups (broad SMARTS) is 1. The number of aromatic nitrogens is 1. The first-order valence-corrected chi connectivity index (χ1v) is 10.2. The van der Waals surface area contributed by atoms with E-state index in [0.717, 1.165) is 18.6 Å². The Hall–Kier alpha value is -3.28. The number of hydrogen-bond donors (Lipinski definition) is 1. The van der Waals surface area contributed by atoms with E-state index in [4.69, 9.17) is 19.4 Å². The fraction of sp³-hybridized carbons (Fsp3) is 0.409. The van der Waals surface area contributed by atoms with Crippen molar-refractivity contribution in [2.24, 2.45) is 0 Å². The molecule has 2 aliphatic rings. The minimum absolute atomic E-state index is 0.0316. The zero-order chi connectivity index (χ0) is 25.1. The van der Waals surface area contributed by atoms with Crippen LogP contribution in [0.15, 0.2) is 36.5 Å². The van der Waals surface area contributed by atoms with Gasteiger partial charge in [-0.15, -0.1) is 0 Å². The predicted molar refractivity (Wildman–Crippen MR) is 107 cm³/mol. The molecule has 0 saturated carbocycles. The molecule has 7 nitrogen and oxygen atoms in total. The van der Waals surface area contributed by atoms with Gasteiger partial charge in [-0.1, -0.05) is 6.07 Å². The molecule has 1 N–H and O–H groups in total. The molecule has 1 atom stereocenters. The molecule has 0 bridgehead atoms. The lowest BCUT2D eigenvalue weighted by molar-refractivity contribution is -0.192. The minimum Gasteiger partial charge on any atom is -0.475 e. The number of hydrogen-bond acceptors (Lipinski definition) is 5. The first-order valence-electron chi connectivity index (χ1n) is 10.2. The molecule has 1 amide bonds. The second-order valence-electron chi connectivity index (χ2n) is 7.98. The monoisotopic (exact) mass is 488 g/mol. The number of likely N-dealkylation sites (tertiary alicyclic amines) is 1. The van der Waals surface area contributed by atoms with Crippen molar-refractivity contribution in [1.82, 2.24) is 9.88 Å². The van der Waals surface area contributed by atoms with E-state index < -0.39 is 29.4 Å². The molecule has 2 aromatic rings. The molecule has 184 valence electrons. The zero-order valence-electron chi connectivity index (χ0n) is 17.9. The number of ether oxygens (including phenoxy) is 2. The summed E-state index contributed by atoms with van der Waals surface area (Å²) in [5.41, 5.74) is 0.154. The number of amides is 1. The van der Waals surface area contributed by atoms with Crippen LogP contribution >= 0.6 is 0 Å². The zero-order valence-corrected chi connectivity index (χ0v) is 17.9. The minimum atomic E-state index is -5.08. The van der Waals surface area contributed by atoms with Crippen LogP contribution in [-0.2, 0) is 9.53 Å². The van der Waals surface area contributed by atoms with E-state index in [2.05, 4.69) is 4.98 Å². The highest BCUT2D eigenvalue weighted by atomic mass is 19.4. The van der Waals surface area contributed by atoms with Crippen LogP contribution in [0.1, 0.15) is 28.8 Å². The first-order chi connectivity index (χ1) is 15.9. The predicted octanol–water partition coefficient (Wildman–Crippen LogP) is 3.75. The summed E-state index contributed by atoms with van der Waals surface area (Å²) in [7, 11) is 0. The molecule has 34 heavy (non-hydrogen) atoms. The van der Waals surface area contributed by atoms with Gasteiger partial charge in [0.2, 0.25) is 5.88 Å². The van der Waals surface area contributed by atoms with Crippen molar-refractivity contribution in [1.29, 1.82) is 0 Å². The standard InChI is InChI=1S/C20H20F2N2O3.C2HF3O2/c1-13-8-16(21)17(22)9-15(13)19(25)24-11-20(12-24)10-14(5-7-26-20)27-18-4-2-3-6-23-18;3-2(4,5)1(6)7/h2-4,6,8-9,14H,5,7,10-12H2,1H3;(H,6,7). The third-order valence-electron chi connectivity index (χ3n) is 5.36. The highest BCUT2D eigenvalue weighted by Gasteiger charge is 2.50. The van der Waals surface area contributed by atoms with Crippen LogP contribution < -0.4 is 4.74 Å². The van der Waals surface area contributed by atoms with Crippen LogP contribution in [0, 0.1) is 18.6 Å². The van der Waals surface area contributed by atoms with Crippen molar-refractivity contribution in [3.05, 3.63) is 59.3 Å². The van der Waals surface area contributed by atoms with E-state index in [9.17, 15) is 26.7 Å². The number of halogens is 5.